The average Bonchev–Trinajstić information content (AvgIpc) is 2.74. The molecule has 1 aromatic heterocycles. The maximum atomic E-state index is 13.1. The van der Waals surface area contributed by atoms with Gasteiger partial charge in [0.05, 0.1) is 4.90 Å². The third kappa shape index (κ3) is 4.54. The lowest BCUT2D eigenvalue weighted by Crippen LogP contribution is -2.15. The molecule has 158 valence electrons. The Morgan fingerprint density at radius 3 is 2.32 bits per heavy atom. The molecule has 0 atom stereocenters. The Kier molecular flexibility index (Phi) is 5.41. The van der Waals surface area contributed by atoms with Crippen LogP contribution in [0.15, 0.2) is 90.0 Å². The summed E-state index contributed by atoms with van der Waals surface area (Å²) in [5.41, 5.74) is 1.14. The molecule has 1 N–H and O–H groups in total. The number of rotatable bonds is 5. The van der Waals surface area contributed by atoms with Crippen LogP contribution in [0.25, 0.3) is 10.8 Å². The Hall–Kier alpha value is -3.38. The van der Waals surface area contributed by atoms with Crippen LogP contribution < -0.4 is 9.46 Å². The molecule has 0 saturated carbocycles. The highest BCUT2D eigenvalue weighted by Crippen LogP contribution is 2.36. The molecule has 1 heterocycles. The predicted molar refractivity (Wildman–Crippen MR) is 124 cm³/mol. The number of anilines is 1. The van der Waals surface area contributed by atoms with Crippen LogP contribution in [-0.4, -0.2) is 13.4 Å². The molecule has 4 aromatic rings. The van der Waals surface area contributed by atoms with Gasteiger partial charge in [0.25, 0.3) is 10.0 Å². The van der Waals surface area contributed by atoms with Crippen LogP contribution in [0, 0.1) is 0 Å². The molecular weight excluding hydrogens is 408 g/mol. The average molecular weight is 433 g/mol. The summed E-state index contributed by atoms with van der Waals surface area (Å²) >= 11 is 0. The Morgan fingerprint density at radius 1 is 0.839 bits per heavy atom. The van der Waals surface area contributed by atoms with Crippen LogP contribution in [0.2, 0.25) is 0 Å². The second-order valence-corrected chi connectivity index (χ2v) is 10.0. The first-order valence-corrected chi connectivity index (χ1v) is 11.5. The molecule has 31 heavy (non-hydrogen) atoms. The lowest BCUT2D eigenvalue weighted by atomic mass is 9.86. The van der Waals surface area contributed by atoms with Crippen molar-refractivity contribution < 1.29 is 13.2 Å². The quantitative estimate of drug-likeness (QED) is 0.412. The Morgan fingerprint density at radius 2 is 1.55 bits per heavy atom. The molecule has 4 rings (SSSR count). The number of pyridine rings is 1. The van der Waals surface area contributed by atoms with Gasteiger partial charge < -0.3 is 4.74 Å². The van der Waals surface area contributed by atoms with Gasteiger partial charge >= 0.3 is 0 Å². The number of nitrogens with one attached hydrogen (secondary N) is 1. The lowest BCUT2D eigenvalue weighted by Gasteiger charge is -2.22. The molecule has 0 aliphatic heterocycles. The van der Waals surface area contributed by atoms with E-state index in [1.54, 1.807) is 36.5 Å². The summed E-state index contributed by atoms with van der Waals surface area (Å²) in [6.07, 6.45) is 1.57. The largest absolute Gasteiger partial charge is 0.437 e. The summed E-state index contributed by atoms with van der Waals surface area (Å²) in [6.45, 7) is 6.28. The molecule has 6 heteroatoms. The van der Waals surface area contributed by atoms with E-state index in [1.165, 1.54) is 0 Å². The first-order valence-electron chi connectivity index (χ1n) is 9.98. The van der Waals surface area contributed by atoms with E-state index in [4.69, 9.17) is 4.74 Å². The van der Waals surface area contributed by atoms with Gasteiger partial charge in [0.15, 0.2) is 0 Å². The second kappa shape index (κ2) is 8.04. The number of sulfonamides is 1. The zero-order chi connectivity index (χ0) is 22.1. The summed E-state index contributed by atoms with van der Waals surface area (Å²) in [4.78, 5) is 4.45. The zero-order valence-corrected chi connectivity index (χ0v) is 18.5. The number of hydrogen-bond donors (Lipinski definition) is 1. The van der Waals surface area contributed by atoms with Gasteiger partial charge in [-0.3, -0.25) is 4.72 Å². The van der Waals surface area contributed by atoms with Crippen LogP contribution in [-0.2, 0) is 15.4 Å². The van der Waals surface area contributed by atoms with Crippen LogP contribution in [0.5, 0.6) is 11.6 Å². The summed E-state index contributed by atoms with van der Waals surface area (Å²) in [6, 6.07) is 23.7. The number of hydrogen-bond acceptors (Lipinski definition) is 4. The van der Waals surface area contributed by atoms with Crippen molar-refractivity contribution in [1.29, 1.82) is 0 Å². The fourth-order valence-corrected chi connectivity index (χ4v) is 4.46. The molecule has 5 nitrogen and oxygen atoms in total. The van der Waals surface area contributed by atoms with Crippen molar-refractivity contribution in [2.24, 2.45) is 0 Å². The topological polar surface area (TPSA) is 68.3 Å². The van der Waals surface area contributed by atoms with Gasteiger partial charge in [0.1, 0.15) is 11.4 Å². The summed E-state index contributed by atoms with van der Waals surface area (Å²) in [5.74, 6) is 0.836. The highest BCUT2D eigenvalue weighted by Gasteiger charge is 2.21. The molecule has 0 bridgehead atoms. The lowest BCUT2D eigenvalue weighted by molar-refractivity contribution is 0.442. The molecule has 0 radical (unpaired) electrons. The Labute approximate surface area is 182 Å². The van der Waals surface area contributed by atoms with E-state index in [1.807, 2.05) is 48.5 Å². The van der Waals surface area contributed by atoms with E-state index < -0.39 is 10.0 Å². The van der Waals surface area contributed by atoms with Crippen molar-refractivity contribution in [3.05, 3.63) is 90.6 Å². The number of ether oxygens (including phenoxy) is 1. The first-order chi connectivity index (χ1) is 14.7. The van der Waals surface area contributed by atoms with Gasteiger partial charge in [-0.1, -0.05) is 69.3 Å². The maximum absolute atomic E-state index is 13.1. The van der Waals surface area contributed by atoms with Gasteiger partial charge in [-0.2, -0.15) is 0 Å². The standard InChI is InChI=1S/C25H24N2O3S/c1-25(2,3)21-11-6-7-13-23(21)30-24-22(12-8-16-26-24)27-31(28,29)20-15-14-18-9-4-5-10-19(18)17-20/h4-17,27H,1-3H3. The molecule has 0 fully saturated rings. The smallest absolute Gasteiger partial charge is 0.262 e. The fraction of sp³-hybridized carbons (Fsp3) is 0.160. The molecule has 3 aromatic carbocycles. The Balaban J connectivity index is 1.68. The predicted octanol–water partition coefficient (Wildman–Crippen LogP) is 6.13. The van der Waals surface area contributed by atoms with E-state index in [2.05, 4.69) is 30.5 Å². The fourth-order valence-electron chi connectivity index (χ4n) is 3.37. The molecule has 0 aliphatic rings. The number of nitrogens with zero attached hydrogens (tertiary/aromatic N) is 1. The van der Waals surface area contributed by atoms with Crippen LogP contribution in [0.4, 0.5) is 5.69 Å². The van der Waals surface area contributed by atoms with Crippen molar-refractivity contribution in [3.63, 3.8) is 0 Å². The normalized spacial score (nSPS) is 12.0. The van der Waals surface area contributed by atoms with Gasteiger partial charge in [0, 0.05) is 11.8 Å². The SMILES string of the molecule is CC(C)(C)c1ccccc1Oc1ncccc1NS(=O)(=O)c1ccc2ccccc2c1. The van der Waals surface area contributed by atoms with Crippen molar-refractivity contribution >= 4 is 26.5 Å². The minimum atomic E-state index is -3.83. The second-order valence-electron chi connectivity index (χ2n) is 8.32. The molecule has 0 aliphatic carbocycles. The summed E-state index contributed by atoms with van der Waals surface area (Å²) in [7, 11) is -3.83. The third-order valence-corrected chi connectivity index (χ3v) is 6.31. The van der Waals surface area contributed by atoms with E-state index in [0.29, 0.717) is 5.75 Å². The number of benzene rings is 3. The number of aromatic nitrogens is 1. The van der Waals surface area contributed by atoms with Crippen molar-refractivity contribution in [2.45, 2.75) is 31.1 Å². The van der Waals surface area contributed by atoms with Crippen molar-refractivity contribution in [1.82, 2.24) is 4.98 Å². The van der Waals surface area contributed by atoms with Crippen molar-refractivity contribution in [3.8, 4) is 11.6 Å². The van der Waals surface area contributed by atoms with Gasteiger partial charge in [-0.15, -0.1) is 0 Å². The zero-order valence-electron chi connectivity index (χ0n) is 17.7. The van der Waals surface area contributed by atoms with Crippen LogP contribution >= 0.6 is 0 Å². The van der Waals surface area contributed by atoms with E-state index in [-0.39, 0.29) is 21.9 Å². The number of para-hydroxylation sites is 1. The maximum Gasteiger partial charge on any atom is 0.262 e. The van der Waals surface area contributed by atoms with Crippen molar-refractivity contribution in [2.75, 3.05) is 4.72 Å². The molecular formula is C25H24N2O3S. The monoisotopic (exact) mass is 432 g/mol. The van der Waals surface area contributed by atoms with E-state index in [9.17, 15) is 8.42 Å². The van der Waals surface area contributed by atoms with Crippen LogP contribution in [0.1, 0.15) is 26.3 Å². The van der Waals surface area contributed by atoms with Crippen LogP contribution in [0.3, 0.4) is 0 Å². The summed E-state index contributed by atoms with van der Waals surface area (Å²) < 4.78 is 34.9. The molecule has 0 spiro atoms. The molecule has 0 unspecified atom stereocenters. The minimum Gasteiger partial charge on any atom is -0.437 e. The van der Waals surface area contributed by atoms with E-state index in [0.717, 1.165) is 16.3 Å². The van der Waals surface area contributed by atoms with Gasteiger partial charge in [-0.05, 0) is 46.5 Å². The number of fused-ring (bicyclic) bond motifs is 1. The Bertz CT molecular complexity index is 1340. The highest BCUT2D eigenvalue weighted by molar-refractivity contribution is 7.92. The van der Waals surface area contributed by atoms with Gasteiger partial charge in [-0.25, -0.2) is 13.4 Å². The molecule has 0 amide bonds. The minimum absolute atomic E-state index is 0.143. The first kappa shape index (κ1) is 20.9. The highest BCUT2D eigenvalue weighted by atomic mass is 32.2. The van der Waals surface area contributed by atoms with E-state index >= 15 is 0 Å². The molecule has 0 saturated heterocycles. The summed E-state index contributed by atoms with van der Waals surface area (Å²) in [5, 5.41) is 1.83. The van der Waals surface area contributed by atoms with Gasteiger partial charge in [0.2, 0.25) is 5.88 Å². The third-order valence-electron chi connectivity index (χ3n) is 4.95.